The third kappa shape index (κ3) is 1.80. The Morgan fingerprint density at radius 1 is 1.40 bits per heavy atom. The number of ketones is 1. The predicted molar refractivity (Wildman–Crippen MR) is 62.0 cm³/mol. The Morgan fingerprint density at radius 2 is 2.20 bits per heavy atom. The van der Waals surface area contributed by atoms with Gasteiger partial charge in [-0.3, -0.25) is 4.79 Å². The number of benzene rings is 1. The van der Waals surface area contributed by atoms with Crippen molar-refractivity contribution < 1.29 is 4.79 Å². The average molecular weight is 201 g/mol. The molecule has 0 radical (unpaired) electrons. The van der Waals surface area contributed by atoms with Gasteiger partial charge in [0, 0.05) is 24.1 Å². The van der Waals surface area contributed by atoms with E-state index in [4.69, 9.17) is 0 Å². The number of carbonyl (C=O) groups is 1. The number of rotatable bonds is 3. The van der Waals surface area contributed by atoms with Gasteiger partial charge in [-0.25, -0.2) is 0 Å². The molecule has 0 aliphatic carbocycles. The van der Waals surface area contributed by atoms with Crippen molar-refractivity contribution in [1.82, 2.24) is 4.98 Å². The topological polar surface area (TPSA) is 32.9 Å². The van der Waals surface area contributed by atoms with Crippen molar-refractivity contribution in [2.24, 2.45) is 0 Å². The van der Waals surface area contributed by atoms with E-state index in [1.165, 1.54) is 5.39 Å². The highest BCUT2D eigenvalue weighted by atomic mass is 16.1. The molecule has 1 unspecified atom stereocenters. The summed E-state index contributed by atoms with van der Waals surface area (Å²) in [5.41, 5.74) is 2.23. The highest BCUT2D eigenvalue weighted by molar-refractivity contribution is 5.87. The van der Waals surface area contributed by atoms with Crippen LogP contribution in [0.15, 0.2) is 30.5 Å². The first-order valence-electron chi connectivity index (χ1n) is 5.32. The molecule has 78 valence electrons. The highest BCUT2D eigenvalue weighted by Gasteiger charge is 2.13. The Bertz CT molecular complexity index is 484. The van der Waals surface area contributed by atoms with Crippen molar-refractivity contribution in [3.05, 3.63) is 36.0 Å². The largest absolute Gasteiger partial charge is 0.361 e. The van der Waals surface area contributed by atoms with Gasteiger partial charge >= 0.3 is 0 Å². The van der Waals surface area contributed by atoms with Gasteiger partial charge in [0.15, 0.2) is 0 Å². The van der Waals surface area contributed by atoms with Crippen LogP contribution < -0.4 is 0 Å². The zero-order chi connectivity index (χ0) is 10.8. The summed E-state index contributed by atoms with van der Waals surface area (Å²) < 4.78 is 0. The summed E-state index contributed by atoms with van der Waals surface area (Å²) in [5.74, 6) is 0.305. The number of aromatic nitrogens is 1. The normalized spacial score (nSPS) is 12.9. The summed E-state index contributed by atoms with van der Waals surface area (Å²) in [4.78, 5) is 14.7. The number of hydrogen-bond donors (Lipinski definition) is 1. The molecular weight excluding hydrogens is 186 g/mol. The van der Waals surface area contributed by atoms with E-state index in [0.717, 1.165) is 11.1 Å². The Labute approximate surface area is 89.3 Å². The van der Waals surface area contributed by atoms with Crippen LogP contribution in [0.1, 0.15) is 31.7 Å². The molecule has 0 saturated heterocycles. The SMILES string of the molecule is CCC(=O)C(C)c1ccc2[nH]ccc2c1. The Morgan fingerprint density at radius 3 is 2.93 bits per heavy atom. The molecule has 0 aliphatic rings. The number of aromatic amines is 1. The van der Waals surface area contributed by atoms with Crippen LogP contribution in [0.25, 0.3) is 10.9 Å². The molecule has 1 N–H and O–H groups in total. The van der Waals surface area contributed by atoms with E-state index in [-0.39, 0.29) is 5.92 Å². The first kappa shape index (κ1) is 9.97. The average Bonchev–Trinajstić information content (AvgIpc) is 2.73. The van der Waals surface area contributed by atoms with Crippen molar-refractivity contribution in [3.63, 3.8) is 0 Å². The van der Waals surface area contributed by atoms with E-state index in [1.54, 1.807) is 0 Å². The molecule has 1 aromatic carbocycles. The molecule has 2 nitrogen and oxygen atoms in total. The molecule has 2 rings (SSSR count). The van der Waals surface area contributed by atoms with E-state index >= 15 is 0 Å². The van der Waals surface area contributed by atoms with Crippen LogP contribution in [-0.4, -0.2) is 10.8 Å². The summed E-state index contributed by atoms with van der Waals surface area (Å²) >= 11 is 0. The van der Waals surface area contributed by atoms with Crippen molar-refractivity contribution in [1.29, 1.82) is 0 Å². The van der Waals surface area contributed by atoms with Crippen LogP contribution in [0, 0.1) is 0 Å². The van der Waals surface area contributed by atoms with Gasteiger partial charge < -0.3 is 4.98 Å². The molecule has 1 aromatic heterocycles. The lowest BCUT2D eigenvalue weighted by atomic mass is 9.94. The number of hydrogen-bond acceptors (Lipinski definition) is 1. The lowest BCUT2D eigenvalue weighted by molar-refractivity contribution is -0.119. The van der Waals surface area contributed by atoms with Crippen molar-refractivity contribution in [2.75, 3.05) is 0 Å². The van der Waals surface area contributed by atoms with Crippen LogP contribution in [0.4, 0.5) is 0 Å². The number of carbonyl (C=O) groups excluding carboxylic acids is 1. The first-order chi connectivity index (χ1) is 7.22. The maximum Gasteiger partial charge on any atom is 0.139 e. The number of H-pyrrole nitrogens is 1. The first-order valence-corrected chi connectivity index (χ1v) is 5.32. The summed E-state index contributed by atoms with van der Waals surface area (Å²) in [6.45, 7) is 3.88. The quantitative estimate of drug-likeness (QED) is 0.812. The zero-order valence-electron chi connectivity index (χ0n) is 9.08. The van der Waals surface area contributed by atoms with Crippen molar-refractivity contribution >= 4 is 16.7 Å². The summed E-state index contributed by atoms with van der Waals surface area (Å²) in [5, 5.41) is 1.17. The second-order valence-electron chi connectivity index (χ2n) is 3.87. The number of fused-ring (bicyclic) bond motifs is 1. The van der Waals surface area contributed by atoms with Crippen molar-refractivity contribution in [3.8, 4) is 0 Å². The van der Waals surface area contributed by atoms with E-state index in [1.807, 2.05) is 38.2 Å². The molecule has 0 bridgehead atoms. The second-order valence-corrected chi connectivity index (χ2v) is 3.87. The summed E-state index contributed by atoms with van der Waals surface area (Å²) in [7, 11) is 0. The predicted octanol–water partition coefficient (Wildman–Crippen LogP) is 3.25. The minimum absolute atomic E-state index is 0.00861. The van der Waals surface area contributed by atoms with Gasteiger partial charge in [0.1, 0.15) is 5.78 Å². The molecule has 15 heavy (non-hydrogen) atoms. The van der Waals surface area contributed by atoms with E-state index in [0.29, 0.717) is 12.2 Å². The molecule has 1 atom stereocenters. The molecule has 0 amide bonds. The number of Topliss-reactive ketones (excluding diaryl/α,β-unsaturated/α-hetero) is 1. The van der Waals surface area contributed by atoms with Gasteiger partial charge in [-0.05, 0) is 29.1 Å². The third-order valence-corrected chi connectivity index (χ3v) is 2.91. The van der Waals surface area contributed by atoms with Crippen LogP contribution in [-0.2, 0) is 4.79 Å². The molecule has 2 aromatic rings. The van der Waals surface area contributed by atoms with Crippen molar-refractivity contribution in [2.45, 2.75) is 26.2 Å². The molecular formula is C13H15NO. The second kappa shape index (κ2) is 3.89. The zero-order valence-corrected chi connectivity index (χ0v) is 9.08. The standard InChI is InChI=1S/C13H15NO/c1-3-13(15)9(2)10-4-5-12-11(8-10)6-7-14-12/h4-9,14H,3H2,1-2H3. The Hall–Kier alpha value is -1.57. The molecule has 0 saturated carbocycles. The van der Waals surface area contributed by atoms with Crippen LogP contribution >= 0.6 is 0 Å². The fourth-order valence-electron chi connectivity index (χ4n) is 1.83. The minimum atomic E-state index is 0.00861. The van der Waals surface area contributed by atoms with E-state index in [9.17, 15) is 4.79 Å². The van der Waals surface area contributed by atoms with E-state index in [2.05, 4.69) is 11.1 Å². The summed E-state index contributed by atoms with van der Waals surface area (Å²) in [6, 6.07) is 8.17. The highest BCUT2D eigenvalue weighted by Crippen LogP contribution is 2.22. The summed E-state index contributed by atoms with van der Waals surface area (Å²) in [6.07, 6.45) is 2.52. The van der Waals surface area contributed by atoms with Crippen LogP contribution in [0.2, 0.25) is 0 Å². The maximum atomic E-state index is 11.6. The fraction of sp³-hybridized carbons (Fsp3) is 0.308. The lowest BCUT2D eigenvalue weighted by Crippen LogP contribution is -2.07. The molecule has 2 heteroatoms. The third-order valence-electron chi connectivity index (χ3n) is 2.91. The Kier molecular flexibility index (Phi) is 2.58. The smallest absolute Gasteiger partial charge is 0.139 e. The molecule has 0 fully saturated rings. The van der Waals surface area contributed by atoms with Crippen LogP contribution in [0.5, 0.6) is 0 Å². The van der Waals surface area contributed by atoms with Gasteiger partial charge in [0.05, 0.1) is 0 Å². The monoisotopic (exact) mass is 201 g/mol. The molecule has 0 spiro atoms. The minimum Gasteiger partial charge on any atom is -0.361 e. The molecule has 0 aliphatic heterocycles. The maximum absolute atomic E-state index is 11.6. The van der Waals surface area contributed by atoms with Gasteiger partial charge in [-0.1, -0.05) is 19.9 Å². The lowest BCUT2D eigenvalue weighted by Gasteiger charge is -2.09. The van der Waals surface area contributed by atoms with Gasteiger partial charge in [0.25, 0.3) is 0 Å². The van der Waals surface area contributed by atoms with Gasteiger partial charge in [-0.15, -0.1) is 0 Å². The number of nitrogens with one attached hydrogen (secondary N) is 1. The van der Waals surface area contributed by atoms with Gasteiger partial charge in [-0.2, -0.15) is 0 Å². The van der Waals surface area contributed by atoms with Crippen LogP contribution in [0.3, 0.4) is 0 Å². The fourth-order valence-corrected chi connectivity index (χ4v) is 1.83. The van der Waals surface area contributed by atoms with E-state index < -0.39 is 0 Å². The Balaban J connectivity index is 2.39. The molecule has 1 heterocycles. The van der Waals surface area contributed by atoms with Gasteiger partial charge in [0.2, 0.25) is 0 Å².